The minimum atomic E-state index is -0.605. The molecule has 2 heterocycles. The summed E-state index contributed by atoms with van der Waals surface area (Å²) in [4.78, 5) is 32.6. The van der Waals surface area contributed by atoms with Crippen molar-refractivity contribution in [1.82, 2.24) is 15.4 Å². The lowest BCUT2D eigenvalue weighted by atomic mass is 10.0. The maximum Gasteiger partial charge on any atom is 0.276 e. The fraction of sp³-hybridized carbons (Fsp3) is 0.0476. The first-order valence-electron chi connectivity index (χ1n) is 8.54. The van der Waals surface area contributed by atoms with Crippen LogP contribution in [0.25, 0.3) is 21.8 Å². The van der Waals surface area contributed by atoms with Gasteiger partial charge in [0.05, 0.1) is 11.7 Å². The number of aromatic amines is 1. The third-order valence-electron chi connectivity index (χ3n) is 4.41. The van der Waals surface area contributed by atoms with Gasteiger partial charge in [0, 0.05) is 22.5 Å². The van der Waals surface area contributed by atoms with Crippen molar-refractivity contribution < 1.29 is 4.79 Å². The topological polar surface area (TPSA) is 87.2 Å². The van der Waals surface area contributed by atoms with E-state index in [1.165, 1.54) is 12.4 Å². The van der Waals surface area contributed by atoms with Gasteiger partial charge in [0.1, 0.15) is 10.7 Å². The van der Waals surface area contributed by atoms with Gasteiger partial charge in [0.2, 0.25) is 5.43 Å². The van der Waals surface area contributed by atoms with Gasteiger partial charge in [-0.05, 0) is 36.2 Å². The number of fused-ring (bicyclic) bond motifs is 3. The van der Waals surface area contributed by atoms with Crippen molar-refractivity contribution in [2.75, 3.05) is 0 Å². The normalized spacial score (nSPS) is 11.4. The lowest BCUT2D eigenvalue weighted by Gasteiger charge is -2.08. The van der Waals surface area contributed by atoms with Gasteiger partial charge in [-0.2, -0.15) is 5.10 Å². The average molecular weight is 391 g/mol. The number of benzene rings is 2. The predicted octanol–water partition coefficient (Wildman–Crippen LogP) is 3.80. The molecule has 0 aliphatic rings. The summed E-state index contributed by atoms with van der Waals surface area (Å²) in [5, 5.41) is 5.57. The number of amides is 1. The Kier molecular flexibility index (Phi) is 4.63. The lowest BCUT2D eigenvalue weighted by molar-refractivity contribution is 0.0954. The molecule has 4 rings (SSSR count). The SMILES string of the molecule is Cc1cc(Cl)[nH]c2ccc3c(=O)c(C(=O)NN=Cc4ccccc4)cnc3c12. The summed E-state index contributed by atoms with van der Waals surface area (Å²) in [5.41, 5.74) is 4.94. The van der Waals surface area contributed by atoms with Crippen LogP contribution >= 0.6 is 11.6 Å². The van der Waals surface area contributed by atoms with Crippen LogP contribution in [0.2, 0.25) is 5.15 Å². The molecule has 0 atom stereocenters. The number of nitrogens with zero attached hydrogens (tertiary/aromatic N) is 2. The second-order valence-electron chi connectivity index (χ2n) is 6.30. The van der Waals surface area contributed by atoms with E-state index in [1.54, 1.807) is 18.2 Å². The van der Waals surface area contributed by atoms with Crippen LogP contribution in [0.4, 0.5) is 0 Å². The Bertz CT molecular complexity index is 1300. The standard InChI is InChI=1S/C21H15ClN4O2/c1-12-9-17(22)25-16-8-7-14-19(18(12)16)23-11-15(20(14)27)21(28)26-24-10-13-5-3-2-4-6-13/h2-11,25H,1H3,(H,26,28). The second-order valence-corrected chi connectivity index (χ2v) is 6.70. The minimum absolute atomic E-state index is 0.0624. The maximum absolute atomic E-state index is 12.8. The van der Waals surface area contributed by atoms with E-state index < -0.39 is 11.3 Å². The summed E-state index contributed by atoms with van der Waals surface area (Å²) in [6, 6.07) is 14.5. The molecule has 0 spiro atoms. The van der Waals surface area contributed by atoms with Crippen molar-refractivity contribution in [1.29, 1.82) is 0 Å². The van der Waals surface area contributed by atoms with E-state index >= 15 is 0 Å². The highest BCUT2D eigenvalue weighted by atomic mass is 35.5. The number of pyridine rings is 2. The molecule has 7 heteroatoms. The van der Waals surface area contributed by atoms with Gasteiger partial charge in [0.15, 0.2) is 0 Å². The molecule has 0 unspecified atom stereocenters. The molecule has 0 aliphatic carbocycles. The second kappa shape index (κ2) is 7.25. The molecule has 0 fully saturated rings. The first-order valence-corrected chi connectivity index (χ1v) is 8.91. The van der Waals surface area contributed by atoms with Crippen LogP contribution in [-0.4, -0.2) is 22.1 Å². The smallest absolute Gasteiger partial charge is 0.276 e. The van der Waals surface area contributed by atoms with Gasteiger partial charge in [-0.15, -0.1) is 0 Å². The molecule has 4 aromatic rings. The quantitative estimate of drug-likeness (QED) is 0.241. The summed E-state index contributed by atoms with van der Waals surface area (Å²) >= 11 is 6.06. The third-order valence-corrected chi connectivity index (χ3v) is 4.61. The van der Waals surface area contributed by atoms with E-state index in [0.717, 1.165) is 22.0 Å². The molecule has 2 aromatic carbocycles. The lowest BCUT2D eigenvalue weighted by Crippen LogP contribution is -2.25. The number of carbonyl (C=O) groups excluding carboxylic acids is 1. The van der Waals surface area contributed by atoms with Crippen LogP contribution in [0.5, 0.6) is 0 Å². The van der Waals surface area contributed by atoms with Gasteiger partial charge < -0.3 is 4.98 Å². The molecule has 1 amide bonds. The van der Waals surface area contributed by atoms with Gasteiger partial charge in [-0.3, -0.25) is 14.6 Å². The molecule has 0 radical (unpaired) electrons. The van der Waals surface area contributed by atoms with Crippen molar-refractivity contribution in [2.45, 2.75) is 6.92 Å². The Morgan fingerprint density at radius 2 is 2.00 bits per heavy atom. The highest BCUT2D eigenvalue weighted by molar-refractivity contribution is 6.30. The number of nitrogens with one attached hydrogen (secondary N) is 2. The molecular formula is C21H15ClN4O2. The zero-order chi connectivity index (χ0) is 19.7. The van der Waals surface area contributed by atoms with Crippen LogP contribution in [0.3, 0.4) is 0 Å². The number of hydrazone groups is 1. The van der Waals surface area contributed by atoms with Crippen LogP contribution in [0.1, 0.15) is 21.5 Å². The van der Waals surface area contributed by atoms with Gasteiger partial charge in [0.25, 0.3) is 5.91 Å². The Hall–Kier alpha value is -3.51. The van der Waals surface area contributed by atoms with Crippen LogP contribution in [-0.2, 0) is 0 Å². The monoisotopic (exact) mass is 390 g/mol. The summed E-state index contributed by atoms with van der Waals surface area (Å²) in [7, 11) is 0. The van der Waals surface area contributed by atoms with Gasteiger partial charge in [-0.25, -0.2) is 5.43 Å². The van der Waals surface area contributed by atoms with Crippen LogP contribution < -0.4 is 10.9 Å². The predicted molar refractivity (Wildman–Crippen MR) is 111 cm³/mol. The number of rotatable bonds is 3. The molecule has 138 valence electrons. The fourth-order valence-electron chi connectivity index (χ4n) is 3.10. The van der Waals surface area contributed by atoms with Crippen molar-refractivity contribution in [2.24, 2.45) is 5.10 Å². The number of hydrogen-bond acceptors (Lipinski definition) is 4. The van der Waals surface area contributed by atoms with Crippen molar-refractivity contribution >= 4 is 45.5 Å². The van der Waals surface area contributed by atoms with E-state index in [2.05, 4.69) is 20.5 Å². The maximum atomic E-state index is 12.8. The van der Waals surface area contributed by atoms with Crippen molar-refractivity contribution in [3.05, 3.63) is 86.8 Å². The van der Waals surface area contributed by atoms with Crippen molar-refractivity contribution in [3.63, 3.8) is 0 Å². The average Bonchev–Trinajstić information content (AvgIpc) is 2.68. The fourth-order valence-corrected chi connectivity index (χ4v) is 3.36. The Morgan fingerprint density at radius 3 is 2.79 bits per heavy atom. The molecule has 2 N–H and O–H groups in total. The molecule has 0 saturated heterocycles. The van der Waals surface area contributed by atoms with Crippen molar-refractivity contribution in [3.8, 4) is 0 Å². The van der Waals surface area contributed by atoms with Crippen LogP contribution in [0.15, 0.2) is 64.6 Å². The number of halogens is 1. The zero-order valence-corrected chi connectivity index (χ0v) is 15.6. The first kappa shape index (κ1) is 17.9. The molecular weight excluding hydrogens is 376 g/mol. The number of hydrogen-bond donors (Lipinski definition) is 2. The molecule has 0 aliphatic heterocycles. The minimum Gasteiger partial charge on any atom is -0.346 e. The summed E-state index contributed by atoms with van der Waals surface area (Å²) in [6.07, 6.45) is 2.79. The highest BCUT2D eigenvalue weighted by Crippen LogP contribution is 2.26. The summed E-state index contributed by atoms with van der Waals surface area (Å²) in [5.74, 6) is -0.605. The molecule has 28 heavy (non-hydrogen) atoms. The van der Waals surface area contributed by atoms with Gasteiger partial charge in [-0.1, -0.05) is 41.9 Å². The molecule has 0 bridgehead atoms. The number of H-pyrrole nitrogens is 1. The number of aryl methyl sites for hydroxylation is 1. The van der Waals surface area contributed by atoms with Gasteiger partial charge >= 0.3 is 0 Å². The van der Waals surface area contributed by atoms with E-state index in [1.807, 2.05) is 37.3 Å². The van der Waals surface area contributed by atoms with Crippen LogP contribution in [0, 0.1) is 6.92 Å². The summed E-state index contributed by atoms with van der Waals surface area (Å²) < 4.78 is 0. The Morgan fingerprint density at radius 1 is 1.21 bits per heavy atom. The van der Waals surface area contributed by atoms with E-state index in [4.69, 9.17) is 11.6 Å². The molecule has 0 saturated carbocycles. The first-order chi connectivity index (χ1) is 13.5. The summed E-state index contributed by atoms with van der Waals surface area (Å²) in [6.45, 7) is 1.90. The molecule has 2 aromatic heterocycles. The zero-order valence-electron chi connectivity index (χ0n) is 14.9. The third kappa shape index (κ3) is 3.25. The number of aromatic nitrogens is 2. The van der Waals surface area contributed by atoms with E-state index in [9.17, 15) is 9.59 Å². The molecule has 6 nitrogen and oxygen atoms in total. The Labute approximate surface area is 164 Å². The largest absolute Gasteiger partial charge is 0.346 e. The van der Waals surface area contributed by atoms with E-state index in [0.29, 0.717) is 16.1 Å². The van der Waals surface area contributed by atoms with E-state index in [-0.39, 0.29) is 5.56 Å². The highest BCUT2D eigenvalue weighted by Gasteiger charge is 2.15. The number of carbonyl (C=O) groups is 1. The Balaban J connectivity index is 1.72.